The number of hydrogen-bond acceptors (Lipinski definition) is 1. The Balaban J connectivity index is 2.43. The molecule has 2 unspecified atom stereocenters. The summed E-state index contributed by atoms with van der Waals surface area (Å²) in [7, 11) is 0. The number of allylic oxidation sites excluding steroid dienone is 1. The second kappa shape index (κ2) is 4.46. The van der Waals surface area contributed by atoms with Crippen LogP contribution >= 0.6 is 0 Å². The van der Waals surface area contributed by atoms with E-state index in [0.717, 1.165) is 18.6 Å². The molecule has 18 heavy (non-hydrogen) atoms. The van der Waals surface area contributed by atoms with Gasteiger partial charge in [-0.05, 0) is 37.3 Å². The van der Waals surface area contributed by atoms with Crippen molar-refractivity contribution in [2.45, 2.75) is 52.1 Å². The molecule has 0 saturated heterocycles. The third-order valence-corrected chi connectivity index (χ3v) is 4.99. The summed E-state index contributed by atoms with van der Waals surface area (Å²) in [5.74, 6) is 1.55. The first kappa shape index (κ1) is 13.2. The predicted octanol–water partition coefficient (Wildman–Crippen LogP) is 4.93. The summed E-state index contributed by atoms with van der Waals surface area (Å²) in [5, 5.41) is 0. The molecule has 0 aliphatic carbocycles. The molecular weight excluding hydrogens is 220 g/mol. The fraction of sp³-hybridized carbons (Fsp3) is 0.529. The molecule has 1 nitrogen and oxygen atoms in total. The van der Waals surface area contributed by atoms with E-state index in [2.05, 4.69) is 58.5 Å². The van der Waals surface area contributed by atoms with Crippen molar-refractivity contribution in [3.05, 3.63) is 42.5 Å². The van der Waals surface area contributed by atoms with Crippen LogP contribution < -0.4 is 4.74 Å². The van der Waals surface area contributed by atoms with Gasteiger partial charge in [0.05, 0.1) is 0 Å². The van der Waals surface area contributed by atoms with Crippen LogP contribution in [0.3, 0.4) is 0 Å². The molecule has 0 radical (unpaired) electrons. The van der Waals surface area contributed by atoms with Crippen molar-refractivity contribution >= 4 is 0 Å². The zero-order chi connectivity index (χ0) is 13.4. The molecule has 0 saturated carbocycles. The number of benzene rings is 1. The molecule has 1 aromatic carbocycles. The van der Waals surface area contributed by atoms with Crippen LogP contribution in [0.25, 0.3) is 0 Å². The highest BCUT2D eigenvalue weighted by atomic mass is 16.5. The van der Waals surface area contributed by atoms with Crippen molar-refractivity contribution in [1.29, 1.82) is 0 Å². The topological polar surface area (TPSA) is 9.23 Å². The van der Waals surface area contributed by atoms with E-state index in [1.54, 1.807) is 0 Å². The number of rotatable bonds is 3. The van der Waals surface area contributed by atoms with Crippen LogP contribution in [0.1, 0.15) is 52.0 Å². The lowest BCUT2D eigenvalue weighted by Gasteiger charge is -2.52. The van der Waals surface area contributed by atoms with Crippen molar-refractivity contribution in [1.82, 2.24) is 0 Å². The van der Waals surface area contributed by atoms with Crippen molar-refractivity contribution in [3.8, 4) is 5.75 Å². The van der Waals surface area contributed by atoms with Crippen LogP contribution in [0.15, 0.2) is 36.9 Å². The maximum absolute atomic E-state index is 6.36. The smallest absolute Gasteiger partial charge is 0.123 e. The number of fused-ring (bicyclic) bond motifs is 1. The van der Waals surface area contributed by atoms with Crippen LogP contribution in [-0.4, -0.2) is 5.60 Å². The second-order valence-corrected chi connectivity index (χ2v) is 6.14. The molecule has 0 aromatic heterocycles. The minimum Gasteiger partial charge on any atom is -0.487 e. The number of hydrogen-bond donors (Lipinski definition) is 0. The fourth-order valence-electron chi connectivity index (χ4n) is 2.90. The standard InChI is InChI=1S/C17H24O/c1-6-7-12-17(5)16(3,4)13(2)14-10-8-9-11-15(14)18-17/h6,8-11,13H,1,7,12H2,2-5H3. The molecule has 2 rings (SSSR count). The Hall–Kier alpha value is -1.24. The Morgan fingerprint density at radius 1 is 1.28 bits per heavy atom. The Morgan fingerprint density at radius 2 is 1.94 bits per heavy atom. The summed E-state index contributed by atoms with van der Waals surface area (Å²) in [6.45, 7) is 13.0. The monoisotopic (exact) mass is 244 g/mol. The van der Waals surface area contributed by atoms with Gasteiger partial charge in [-0.1, -0.05) is 45.0 Å². The average molecular weight is 244 g/mol. The number of ether oxygens (including phenoxy) is 1. The van der Waals surface area contributed by atoms with E-state index in [1.165, 1.54) is 5.56 Å². The highest BCUT2D eigenvalue weighted by Crippen LogP contribution is 2.54. The first-order valence-corrected chi connectivity index (χ1v) is 6.81. The van der Waals surface area contributed by atoms with Gasteiger partial charge in [0, 0.05) is 5.41 Å². The lowest BCUT2D eigenvalue weighted by molar-refractivity contribution is -0.0634. The SMILES string of the molecule is C=CCCC1(C)Oc2ccccc2C(C)C1(C)C. The van der Waals surface area contributed by atoms with Crippen LogP contribution in [0, 0.1) is 5.41 Å². The Kier molecular flexibility index (Phi) is 3.27. The minimum absolute atomic E-state index is 0.115. The second-order valence-electron chi connectivity index (χ2n) is 6.14. The van der Waals surface area contributed by atoms with Gasteiger partial charge in [0.15, 0.2) is 0 Å². The zero-order valence-electron chi connectivity index (χ0n) is 12.0. The number of para-hydroxylation sites is 1. The summed E-state index contributed by atoms with van der Waals surface area (Å²) < 4.78 is 6.36. The normalized spacial score (nSPS) is 29.2. The van der Waals surface area contributed by atoms with Gasteiger partial charge in [0.2, 0.25) is 0 Å². The van der Waals surface area contributed by atoms with E-state index < -0.39 is 0 Å². The minimum atomic E-state index is -0.130. The first-order valence-electron chi connectivity index (χ1n) is 6.81. The average Bonchev–Trinajstić information content (AvgIpc) is 2.34. The van der Waals surface area contributed by atoms with E-state index in [9.17, 15) is 0 Å². The van der Waals surface area contributed by atoms with E-state index in [0.29, 0.717) is 5.92 Å². The summed E-state index contributed by atoms with van der Waals surface area (Å²) in [6.07, 6.45) is 3.99. The Labute approximate surface area is 111 Å². The van der Waals surface area contributed by atoms with Crippen LogP contribution in [0.2, 0.25) is 0 Å². The Morgan fingerprint density at radius 3 is 2.61 bits per heavy atom. The van der Waals surface area contributed by atoms with Gasteiger partial charge in [0.1, 0.15) is 11.4 Å². The lowest BCUT2D eigenvalue weighted by atomic mass is 9.62. The molecule has 1 aliphatic heterocycles. The maximum Gasteiger partial charge on any atom is 0.123 e. The quantitative estimate of drug-likeness (QED) is 0.685. The molecule has 98 valence electrons. The van der Waals surface area contributed by atoms with Crippen molar-refractivity contribution in [3.63, 3.8) is 0 Å². The van der Waals surface area contributed by atoms with E-state index in [4.69, 9.17) is 4.74 Å². The first-order chi connectivity index (χ1) is 8.42. The summed E-state index contributed by atoms with van der Waals surface area (Å²) >= 11 is 0. The van der Waals surface area contributed by atoms with Gasteiger partial charge in [-0.25, -0.2) is 0 Å². The van der Waals surface area contributed by atoms with Gasteiger partial charge < -0.3 is 4.74 Å². The third-order valence-electron chi connectivity index (χ3n) is 4.99. The third kappa shape index (κ3) is 1.86. The fourth-order valence-corrected chi connectivity index (χ4v) is 2.90. The molecule has 2 atom stereocenters. The van der Waals surface area contributed by atoms with Crippen LogP contribution in [-0.2, 0) is 0 Å². The predicted molar refractivity (Wildman–Crippen MR) is 77.1 cm³/mol. The van der Waals surface area contributed by atoms with E-state index >= 15 is 0 Å². The molecule has 0 N–H and O–H groups in total. The molecular formula is C17H24O. The maximum atomic E-state index is 6.36. The van der Waals surface area contributed by atoms with Gasteiger partial charge in [-0.15, -0.1) is 6.58 Å². The van der Waals surface area contributed by atoms with E-state index in [-0.39, 0.29) is 11.0 Å². The molecule has 0 amide bonds. The molecule has 0 fully saturated rings. The zero-order valence-corrected chi connectivity index (χ0v) is 12.0. The van der Waals surface area contributed by atoms with Gasteiger partial charge in [-0.3, -0.25) is 0 Å². The summed E-state index contributed by atoms with van der Waals surface area (Å²) in [4.78, 5) is 0. The van der Waals surface area contributed by atoms with E-state index in [1.807, 2.05) is 6.08 Å². The Bertz CT molecular complexity index is 447. The van der Waals surface area contributed by atoms with Gasteiger partial charge in [-0.2, -0.15) is 0 Å². The van der Waals surface area contributed by atoms with Gasteiger partial charge in [0.25, 0.3) is 0 Å². The van der Waals surface area contributed by atoms with Crippen LogP contribution in [0.4, 0.5) is 0 Å². The summed E-state index contributed by atoms with van der Waals surface area (Å²) in [6, 6.07) is 8.43. The van der Waals surface area contributed by atoms with Crippen molar-refractivity contribution < 1.29 is 4.74 Å². The molecule has 1 heterocycles. The van der Waals surface area contributed by atoms with Crippen molar-refractivity contribution in [2.24, 2.45) is 5.41 Å². The molecule has 1 aromatic rings. The van der Waals surface area contributed by atoms with Crippen LogP contribution in [0.5, 0.6) is 5.75 Å². The molecule has 1 heteroatoms. The van der Waals surface area contributed by atoms with Gasteiger partial charge >= 0.3 is 0 Å². The molecule has 0 spiro atoms. The molecule has 1 aliphatic rings. The summed E-state index contributed by atoms with van der Waals surface area (Å²) in [5.41, 5.74) is 1.32. The largest absolute Gasteiger partial charge is 0.487 e. The highest BCUT2D eigenvalue weighted by molar-refractivity contribution is 5.40. The van der Waals surface area contributed by atoms with Crippen molar-refractivity contribution in [2.75, 3.05) is 0 Å². The molecule has 0 bridgehead atoms. The lowest BCUT2D eigenvalue weighted by Crippen LogP contribution is -2.52. The highest BCUT2D eigenvalue weighted by Gasteiger charge is 2.50.